The van der Waals surface area contributed by atoms with Crippen molar-refractivity contribution in [1.29, 1.82) is 0 Å². The lowest BCUT2D eigenvalue weighted by Crippen LogP contribution is -2.45. The Hall–Kier alpha value is -3.72. The van der Waals surface area contributed by atoms with E-state index in [1.165, 1.54) is 60.8 Å². The van der Waals surface area contributed by atoms with Gasteiger partial charge in [-0.05, 0) is 67.3 Å². The number of aliphatic hydroxyl groups excluding tert-OH is 1. The Balaban J connectivity index is 0.000000289. The maximum Gasteiger partial charge on any atom is 0.263 e. The number of benzene rings is 3. The molecule has 0 aliphatic heterocycles. The molecule has 0 aromatic heterocycles. The zero-order chi connectivity index (χ0) is 27.6. The molecule has 0 fully saturated rings. The van der Waals surface area contributed by atoms with Crippen LogP contribution in [0.15, 0.2) is 72.8 Å². The molecule has 3 aromatic carbocycles. The van der Waals surface area contributed by atoms with Gasteiger partial charge in [-0.2, -0.15) is 0 Å². The Morgan fingerprint density at radius 2 is 1.51 bits per heavy atom. The average Bonchev–Trinajstić information content (AvgIpc) is 2.94. The largest absolute Gasteiger partial charge is 0.508 e. The van der Waals surface area contributed by atoms with Crippen LogP contribution in [0.5, 0.6) is 5.75 Å². The number of carbonyl (C=O) groups excluding carboxylic acids is 2. The Labute approximate surface area is 219 Å². The van der Waals surface area contributed by atoms with Crippen molar-refractivity contribution in [2.45, 2.75) is 51.7 Å². The van der Waals surface area contributed by atoms with Gasteiger partial charge >= 0.3 is 0 Å². The summed E-state index contributed by atoms with van der Waals surface area (Å²) in [5.41, 5.74) is 11.7. The van der Waals surface area contributed by atoms with Gasteiger partial charge < -0.3 is 21.3 Å². The summed E-state index contributed by atoms with van der Waals surface area (Å²) in [7, 11) is 1.49. The predicted octanol–water partition coefficient (Wildman–Crippen LogP) is 4.19. The Kier molecular flexibility index (Phi) is 15.0. The number of hydrogen-bond acceptors (Lipinski definition) is 7. The standard InChI is InChI=1S/C11H14O.C10H14N2O4.C8H11N/c1-2-3-4-10-5-7-11(9-12)8-6-10;1-11-8(10(15)12-16)9(14)6-2-4-7(13)5-3-6;1-2-7-3-5-8(9)6-4-7/h5-9H,2-4H2,1H3;2-5,8-9,11,13-14,16H,1H3,(H,12,15);3-6H,2,9H2,1H3. The summed E-state index contributed by atoms with van der Waals surface area (Å²) in [6, 6.07) is 20.6. The molecule has 0 spiro atoms. The number of nitrogens with one attached hydrogen (secondary N) is 2. The second-order valence-electron chi connectivity index (χ2n) is 8.34. The third-order valence-corrected chi connectivity index (χ3v) is 5.58. The number of hydroxylamine groups is 1. The molecule has 8 heteroatoms. The molecule has 2 unspecified atom stereocenters. The summed E-state index contributed by atoms with van der Waals surface area (Å²) in [4.78, 5) is 21.5. The van der Waals surface area contributed by atoms with Crippen molar-refractivity contribution in [3.63, 3.8) is 0 Å². The molecule has 0 radical (unpaired) electrons. The van der Waals surface area contributed by atoms with Gasteiger partial charge in [0.1, 0.15) is 24.2 Å². The van der Waals surface area contributed by atoms with Crippen LogP contribution in [0, 0.1) is 0 Å². The van der Waals surface area contributed by atoms with E-state index in [1.54, 1.807) is 0 Å². The van der Waals surface area contributed by atoms with Gasteiger partial charge in [-0.3, -0.25) is 14.8 Å². The van der Waals surface area contributed by atoms with Crippen molar-refractivity contribution in [3.05, 3.63) is 95.1 Å². The highest BCUT2D eigenvalue weighted by Gasteiger charge is 2.26. The number of aryl methyl sites for hydroxylation is 2. The lowest BCUT2D eigenvalue weighted by atomic mass is 10.0. The highest BCUT2D eigenvalue weighted by atomic mass is 16.5. The average molecular weight is 510 g/mol. The number of carbonyl (C=O) groups is 2. The van der Waals surface area contributed by atoms with Crippen LogP contribution in [0.1, 0.15) is 59.8 Å². The maximum absolute atomic E-state index is 11.2. The molecule has 3 rings (SSSR count). The van der Waals surface area contributed by atoms with Crippen molar-refractivity contribution >= 4 is 17.9 Å². The maximum atomic E-state index is 11.2. The van der Waals surface area contributed by atoms with E-state index < -0.39 is 18.1 Å². The number of amides is 1. The SMILES string of the molecule is CCCCc1ccc(C=O)cc1.CCc1ccc(N)cc1.CNC(C(=O)NO)C(O)c1ccc(O)cc1. The van der Waals surface area contributed by atoms with Crippen LogP contribution in [0.2, 0.25) is 0 Å². The quantitative estimate of drug-likeness (QED) is 0.110. The van der Waals surface area contributed by atoms with E-state index >= 15 is 0 Å². The molecular formula is C29H39N3O5. The number of hydrogen-bond donors (Lipinski definition) is 6. The normalized spacial score (nSPS) is 11.6. The van der Waals surface area contributed by atoms with Gasteiger partial charge in [0.2, 0.25) is 0 Å². The van der Waals surface area contributed by atoms with Gasteiger partial charge in [0, 0.05) is 11.3 Å². The fraction of sp³-hybridized carbons (Fsp3) is 0.310. The zero-order valence-electron chi connectivity index (χ0n) is 21.7. The van der Waals surface area contributed by atoms with Gasteiger partial charge in [0.15, 0.2) is 0 Å². The second-order valence-corrected chi connectivity index (χ2v) is 8.34. The molecular weight excluding hydrogens is 470 g/mol. The fourth-order valence-corrected chi connectivity index (χ4v) is 3.26. The summed E-state index contributed by atoms with van der Waals surface area (Å²) < 4.78 is 0. The predicted molar refractivity (Wildman–Crippen MR) is 147 cm³/mol. The number of nitrogens with two attached hydrogens (primary N) is 1. The molecule has 0 saturated heterocycles. The van der Waals surface area contributed by atoms with Crippen LogP contribution < -0.4 is 16.5 Å². The molecule has 7 N–H and O–H groups in total. The summed E-state index contributed by atoms with van der Waals surface area (Å²) in [6.07, 6.45) is 4.41. The first-order valence-electron chi connectivity index (χ1n) is 12.3. The number of likely N-dealkylation sites (N-methyl/N-ethyl adjacent to an activating group) is 1. The molecule has 0 aliphatic carbocycles. The minimum Gasteiger partial charge on any atom is -0.508 e. The lowest BCUT2D eigenvalue weighted by Gasteiger charge is -2.20. The molecule has 0 aliphatic rings. The van der Waals surface area contributed by atoms with E-state index in [0.717, 1.165) is 30.4 Å². The van der Waals surface area contributed by atoms with E-state index in [0.29, 0.717) is 5.56 Å². The van der Waals surface area contributed by atoms with Gasteiger partial charge in [-0.15, -0.1) is 0 Å². The minimum atomic E-state index is -1.11. The molecule has 0 bridgehead atoms. The number of unbranched alkanes of at least 4 members (excludes halogenated alkanes) is 1. The van der Waals surface area contributed by atoms with E-state index in [2.05, 4.69) is 31.3 Å². The molecule has 1 amide bonds. The van der Waals surface area contributed by atoms with E-state index in [4.69, 9.17) is 16.0 Å². The van der Waals surface area contributed by atoms with Gasteiger partial charge in [0.25, 0.3) is 5.91 Å². The molecule has 2 atom stereocenters. The van der Waals surface area contributed by atoms with Crippen molar-refractivity contribution in [1.82, 2.24) is 10.8 Å². The first-order chi connectivity index (χ1) is 17.8. The summed E-state index contributed by atoms with van der Waals surface area (Å²) in [5, 5.41) is 30.0. The topological polar surface area (TPSA) is 145 Å². The number of aldehydes is 1. The number of aromatic hydroxyl groups is 1. The number of phenolic OH excluding ortho intramolecular Hbond substituents is 1. The van der Waals surface area contributed by atoms with Crippen molar-refractivity contribution in [2.24, 2.45) is 0 Å². The molecule has 37 heavy (non-hydrogen) atoms. The van der Waals surface area contributed by atoms with Crippen LogP contribution in [-0.2, 0) is 17.6 Å². The number of nitrogen functional groups attached to an aromatic ring is 1. The Morgan fingerprint density at radius 1 is 0.946 bits per heavy atom. The van der Waals surface area contributed by atoms with E-state index in [1.807, 2.05) is 36.4 Å². The summed E-state index contributed by atoms with van der Waals surface area (Å²) >= 11 is 0. The Morgan fingerprint density at radius 3 is 1.97 bits per heavy atom. The molecule has 200 valence electrons. The third kappa shape index (κ3) is 11.7. The Bertz CT molecular complexity index is 1040. The van der Waals surface area contributed by atoms with E-state index in [-0.39, 0.29) is 5.75 Å². The first-order valence-corrected chi connectivity index (χ1v) is 12.3. The summed E-state index contributed by atoms with van der Waals surface area (Å²) in [5.74, 6) is -0.661. The number of aliphatic hydroxyl groups is 1. The minimum absolute atomic E-state index is 0.0727. The van der Waals surface area contributed by atoms with Crippen LogP contribution in [0.3, 0.4) is 0 Å². The fourth-order valence-electron chi connectivity index (χ4n) is 3.26. The van der Waals surface area contributed by atoms with Crippen LogP contribution in [0.25, 0.3) is 0 Å². The highest BCUT2D eigenvalue weighted by Crippen LogP contribution is 2.19. The zero-order valence-corrected chi connectivity index (χ0v) is 21.7. The van der Waals surface area contributed by atoms with E-state index in [9.17, 15) is 14.7 Å². The summed E-state index contributed by atoms with van der Waals surface area (Å²) in [6.45, 7) is 4.31. The van der Waals surface area contributed by atoms with Crippen LogP contribution in [-0.4, -0.2) is 40.7 Å². The second kappa shape index (κ2) is 17.7. The number of rotatable bonds is 9. The number of phenols is 1. The van der Waals surface area contributed by atoms with Crippen LogP contribution >= 0.6 is 0 Å². The van der Waals surface area contributed by atoms with Crippen molar-refractivity contribution < 1.29 is 25.0 Å². The molecule has 0 heterocycles. The smallest absolute Gasteiger partial charge is 0.263 e. The monoisotopic (exact) mass is 509 g/mol. The van der Waals surface area contributed by atoms with Gasteiger partial charge in [-0.1, -0.05) is 68.8 Å². The highest BCUT2D eigenvalue weighted by molar-refractivity contribution is 5.81. The number of anilines is 1. The van der Waals surface area contributed by atoms with Crippen molar-refractivity contribution in [2.75, 3.05) is 12.8 Å². The van der Waals surface area contributed by atoms with Gasteiger partial charge in [-0.25, -0.2) is 5.48 Å². The first kappa shape index (κ1) is 31.3. The van der Waals surface area contributed by atoms with Gasteiger partial charge in [0.05, 0.1) is 0 Å². The molecule has 0 saturated carbocycles. The molecule has 3 aromatic rings. The molecule has 8 nitrogen and oxygen atoms in total. The third-order valence-electron chi connectivity index (χ3n) is 5.58. The van der Waals surface area contributed by atoms with Crippen LogP contribution in [0.4, 0.5) is 5.69 Å². The van der Waals surface area contributed by atoms with Crippen molar-refractivity contribution in [3.8, 4) is 5.75 Å². The lowest BCUT2D eigenvalue weighted by molar-refractivity contribution is -0.134.